The van der Waals surface area contributed by atoms with Crippen LogP contribution in [0.5, 0.6) is 0 Å². The number of likely N-dealkylation sites (tertiary alicyclic amines) is 1. The van der Waals surface area contributed by atoms with Crippen molar-refractivity contribution >= 4 is 14.4 Å². The van der Waals surface area contributed by atoms with Crippen LogP contribution in [0.3, 0.4) is 0 Å². The van der Waals surface area contributed by atoms with Crippen LogP contribution < -0.4 is 0 Å². The first-order chi connectivity index (χ1) is 11.1. The first kappa shape index (κ1) is 21.6. The van der Waals surface area contributed by atoms with Crippen molar-refractivity contribution in [1.29, 1.82) is 0 Å². The van der Waals surface area contributed by atoms with Crippen LogP contribution in [0.1, 0.15) is 54.4 Å². The van der Waals surface area contributed by atoms with Gasteiger partial charge in [-0.3, -0.25) is 15.0 Å². The van der Waals surface area contributed by atoms with Crippen molar-refractivity contribution in [3.63, 3.8) is 0 Å². The lowest BCUT2D eigenvalue weighted by Crippen LogP contribution is -2.57. The Labute approximate surface area is 151 Å². The molecule has 1 fully saturated rings. The van der Waals surface area contributed by atoms with E-state index in [9.17, 15) is 14.9 Å². The summed E-state index contributed by atoms with van der Waals surface area (Å²) in [5.41, 5.74) is -1.77. The van der Waals surface area contributed by atoms with E-state index in [0.717, 1.165) is 6.20 Å². The third-order valence-electron chi connectivity index (χ3n) is 4.68. The number of nitrogens with zero attached hydrogens (tertiary/aromatic N) is 2. The van der Waals surface area contributed by atoms with Gasteiger partial charge in [-0.25, -0.2) is 4.79 Å². The molecule has 1 rings (SSSR count). The van der Waals surface area contributed by atoms with Crippen LogP contribution in [-0.2, 0) is 9.16 Å². The van der Waals surface area contributed by atoms with Crippen LogP contribution in [0.4, 0.5) is 4.79 Å². The molecule has 8 heteroatoms. The second kappa shape index (κ2) is 7.07. The van der Waals surface area contributed by atoms with E-state index in [2.05, 4.69) is 33.9 Å². The Morgan fingerprint density at radius 1 is 1.24 bits per heavy atom. The molecular formula is C17H32N2O5Si. The number of nitro groups is 1. The maximum absolute atomic E-state index is 12.7. The standard InChI is InChI=1S/C17H32N2O5Si/c1-15(2,3)23-14(20)18-12-9-10-17(18,11-13-19(21)22)24-25(7,8)16(4,5)6/h11,13H,9-10,12H2,1-8H3/b13-11+. The summed E-state index contributed by atoms with van der Waals surface area (Å²) >= 11 is 0. The summed E-state index contributed by atoms with van der Waals surface area (Å²) in [6, 6.07) is 0. The topological polar surface area (TPSA) is 81.9 Å². The highest BCUT2D eigenvalue weighted by Gasteiger charge is 2.51. The third-order valence-corrected chi connectivity index (χ3v) is 9.16. The van der Waals surface area contributed by atoms with Gasteiger partial charge in [0.1, 0.15) is 5.60 Å². The Balaban J connectivity index is 3.26. The fraction of sp³-hybridized carbons (Fsp3) is 0.824. The van der Waals surface area contributed by atoms with Gasteiger partial charge in [0.05, 0.1) is 4.92 Å². The first-order valence-corrected chi connectivity index (χ1v) is 11.5. The Kier molecular flexibility index (Phi) is 6.12. The van der Waals surface area contributed by atoms with Gasteiger partial charge in [0, 0.05) is 19.0 Å². The lowest BCUT2D eigenvalue weighted by Gasteiger charge is -2.46. The molecule has 0 N–H and O–H groups in total. The minimum Gasteiger partial charge on any atom is -0.444 e. The molecule has 1 atom stereocenters. The summed E-state index contributed by atoms with van der Waals surface area (Å²) in [6.07, 6.45) is 3.00. The molecule has 0 spiro atoms. The van der Waals surface area contributed by atoms with E-state index in [-0.39, 0.29) is 5.04 Å². The van der Waals surface area contributed by atoms with E-state index in [4.69, 9.17) is 9.16 Å². The van der Waals surface area contributed by atoms with Gasteiger partial charge in [-0.15, -0.1) is 0 Å². The van der Waals surface area contributed by atoms with Gasteiger partial charge in [-0.2, -0.15) is 0 Å². The molecule has 0 bridgehead atoms. The van der Waals surface area contributed by atoms with Crippen molar-refractivity contribution in [2.45, 2.75) is 83.8 Å². The second-order valence-corrected chi connectivity index (χ2v) is 13.8. The smallest absolute Gasteiger partial charge is 0.412 e. The van der Waals surface area contributed by atoms with E-state index >= 15 is 0 Å². The third kappa shape index (κ3) is 5.54. The monoisotopic (exact) mass is 372 g/mol. The van der Waals surface area contributed by atoms with Crippen molar-refractivity contribution in [2.75, 3.05) is 6.54 Å². The van der Waals surface area contributed by atoms with Crippen LogP contribution in [0.25, 0.3) is 0 Å². The second-order valence-electron chi connectivity index (χ2n) is 9.04. The number of hydrogen-bond donors (Lipinski definition) is 0. The van der Waals surface area contributed by atoms with Crippen molar-refractivity contribution in [1.82, 2.24) is 4.90 Å². The number of rotatable bonds is 4. The summed E-state index contributed by atoms with van der Waals surface area (Å²) in [5.74, 6) is 0. The van der Waals surface area contributed by atoms with Gasteiger partial charge in [0.2, 0.25) is 6.20 Å². The number of carbonyl (C=O) groups excluding carboxylic acids is 1. The summed E-state index contributed by atoms with van der Waals surface area (Å²) in [5, 5.41) is 10.8. The zero-order valence-electron chi connectivity index (χ0n) is 16.7. The average Bonchev–Trinajstić information content (AvgIpc) is 2.76. The maximum Gasteiger partial charge on any atom is 0.412 e. The molecule has 1 amide bonds. The molecule has 0 radical (unpaired) electrons. The van der Waals surface area contributed by atoms with Crippen LogP contribution >= 0.6 is 0 Å². The molecule has 0 saturated carbocycles. The van der Waals surface area contributed by atoms with Gasteiger partial charge in [-0.1, -0.05) is 20.8 Å². The van der Waals surface area contributed by atoms with Crippen molar-refractivity contribution < 1.29 is 18.9 Å². The summed E-state index contributed by atoms with van der Waals surface area (Å²) in [4.78, 5) is 24.6. The molecule has 1 unspecified atom stereocenters. The van der Waals surface area contributed by atoms with E-state index in [0.29, 0.717) is 19.4 Å². The minimum atomic E-state index is -2.28. The molecule has 1 aliphatic heterocycles. The summed E-state index contributed by atoms with van der Waals surface area (Å²) in [7, 11) is -2.28. The highest BCUT2D eigenvalue weighted by Crippen LogP contribution is 2.43. The minimum absolute atomic E-state index is 0.0926. The molecule has 0 aromatic heterocycles. The predicted octanol–water partition coefficient (Wildman–Crippen LogP) is 4.53. The maximum atomic E-state index is 12.7. The van der Waals surface area contributed by atoms with Gasteiger partial charge in [0.25, 0.3) is 0 Å². The molecule has 1 aliphatic rings. The Bertz CT molecular complexity index is 548. The Morgan fingerprint density at radius 2 is 1.80 bits per heavy atom. The molecule has 7 nitrogen and oxygen atoms in total. The fourth-order valence-corrected chi connectivity index (χ4v) is 3.93. The molecule has 25 heavy (non-hydrogen) atoms. The van der Waals surface area contributed by atoms with E-state index in [1.165, 1.54) is 11.0 Å². The SMILES string of the molecule is CC(C)(C)OC(=O)N1CCCC1(/C=C/[N+](=O)[O-])O[Si](C)(C)C(C)(C)C. The number of carbonyl (C=O) groups is 1. The molecule has 1 saturated heterocycles. The van der Waals surface area contributed by atoms with Gasteiger partial charge >= 0.3 is 6.09 Å². The zero-order chi connectivity index (χ0) is 19.7. The first-order valence-electron chi connectivity index (χ1n) is 8.63. The van der Waals surface area contributed by atoms with Crippen LogP contribution in [0.2, 0.25) is 18.1 Å². The van der Waals surface area contributed by atoms with Crippen LogP contribution in [0.15, 0.2) is 12.3 Å². The van der Waals surface area contributed by atoms with Crippen molar-refractivity contribution in [2.24, 2.45) is 0 Å². The van der Waals surface area contributed by atoms with E-state index in [1.54, 1.807) is 20.8 Å². The van der Waals surface area contributed by atoms with Gasteiger partial charge in [-0.05, 0) is 45.3 Å². The quantitative estimate of drug-likeness (QED) is 0.411. The molecule has 0 aromatic rings. The van der Waals surface area contributed by atoms with E-state index < -0.39 is 30.7 Å². The fourth-order valence-electron chi connectivity index (χ4n) is 2.46. The average molecular weight is 373 g/mol. The highest BCUT2D eigenvalue weighted by molar-refractivity contribution is 6.74. The summed E-state index contributed by atoms with van der Waals surface area (Å²) in [6.45, 7) is 16.3. The molecule has 0 aromatic carbocycles. The predicted molar refractivity (Wildman–Crippen MR) is 99.3 cm³/mol. The molecule has 144 valence electrons. The normalized spacial score (nSPS) is 22.5. The van der Waals surface area contributed by atoms with Gasteiger partial charge in [0.15, 0.2) is 14.0 Å². The molecule has 1 heterocycles. The molecule has 0 aliphatic carbocycles. The zero-order valence-corrected chi connectivity index (χ0v) is 17.7. The van der Waals surface area contributed by atoms with Crippen molar-refractivity contribution in [3.8, 4) is 0 Å². The Morgan fingerprint density at radius 3 is 2.24 bits per heavy atom. The number of hydrogen-bond acceptors (Lipinski definition) is 5. The van der Waals surface area contributed by atoms with Crippen LogP contribution in [-0.4, -0.2) is 42.1 Å². The molecular weight excluding hydrogens is 340 g/mol. The highest BCUT2D eigenvalue weighted by atomic mass is 28.4. The Hall–Kier alpha value is -1.41. The van der Waals surface area contributed by atoms with Crippen LogP contribution in [0, 0.1) is 10.1 Å². The lowest BCUT2D eigenvalue weighted by atomic mass is 10.1. The largest absolute Gasteiger partial charge is 0.444 e. The van der Waals surface area contributed by atoms with Gasteiger partial charge < -0.3 is 9.16 Å². The van der Waals surface area contributed by atoms with Crippen molar-refractivity contribution in [3.05, 3.63) is 22.4 Å². The number of ether oxygens (including phenoxy) is 1. The summed E-state index contributed by atoms with van der Waals surface area (Å²) < 4.78 is 12.0. The lowest BCUT2D eigenvalue weighted by molar-refractivity contribution is -0.403. The number of amides is 1. The van der Waals surface area contributed by atoms with E-state index in [1.807, 2.05) is 0 Å².